The Labute approximate surface area is 151 Å². The van der Waals surface area contributed by atoms with Crippen LogP contribution in [0.15, 0.2) is 47.6 Å². The number of amides is 1. The van der Waals surface area contributed by atoms with E-state index in [1.807, 2.05) is 24.3 Å². The number of hydrogen-bond donors (Lipinski definition) is 1. The first kappa shape index (κ1) is 19.1. The number of nitro groups is 1. The Hall–Kier alpha value is -3.22. The van der Waals surface area contributed by atoms with Gasteiger partial charge >= 0.3 is 0 Å². The van der Waals surface area contributed by atoms with Gasteiger partial charge in [0.05, 0.1) is 17.7 Å². The zero-order chi connectivity index (χ0) is 19.1. The standard InChI is InChI=1S/C19H21N3O4/c1-13(2)12-26-17-8-5-15(6-9-17)11-20-21-19(23)16-7-4-14(3)18(10-16)22(24)25/h4-11,13H,12H2,1-3H3,(H,21,23)/b20-11-. The molecule has 0 spiro atoms. The molecule has 2 rings (SSSR count). The maximum atomic E-state index is 12.1. The lowest BCUT2D eigenvalue weighted by molar-refractivity contribution is -0.385. The maximum Gasteiger partial charge on any atom is 0.273 e. The molecule has 0 aliphatic carbocycles. The topological polar surface area (TPSA) is 93.8 Å². The van der Waals surface area contributed by atoms with Gasteiger partial charge in [-0.15, -0.1) is 0 Å². The zero-order valence-corrected chi connectivity index (χ0v) is 14.9. The fourth-order valence-electron chi connectivity index (χ4n) is 2.09. The lowest BCUT2D eigenvalue weighted by Gasteiger charge is -2.08. The second kappa shape index (κ2) is 8.75. The van der Waals surface area contributed by atoms with Crippen LogP contribution in [-0.4, -0.2) is 23.7 Å². The Balaban J connectivity index is 1.96. The molecule has 0 atom stereocenters. The highest BCUT2D eigenvalue weighted by atomic mass is 16.6. The summed E-state index contributed by atoms with van der Waals surface area (Å²) in [6.07, 6.45) is 1.49. The van der Waals surface area contributed by atoms with Crippen molar-refractivity contribution in [1.82, 2.24) is 5.43 Å². The van der Waals surface area contributed by atoms with E-state index in [4.69, 9.17) is 4.74 Å². The molecule has 1 amide bonds. The van der Waals surface area contributed by atoms with E-state index < -0.39 is 10.8 Å². The minimum Gasteiger partial charge on any atom is -0.493 e. The van der Waals surface area contributed by atoms with Crippen molar-refractivity contribution in [1.29, 1.82) is 0 Å². The van der Waals surface area contributed by atoms with Crippen LogP contribution in [-0.2, 0) is 0 Å². The summed E-state index contributed by atoms with van der Waals surface area (Å²) < 4.78 is 5.59. The van der Waals surface area contributed by atoms with E-state index in [-0.39, 0.29) is 11.3 Å². The van der Waals surface area contributed by atoms with Crippen LogP contribution in [0.25, 0.3) is 0 Å². The lowest BCUT2D eigenvalue weighted by atomic mass is 10.1. The second-order valence-corrected chi connectivity index (χ2v) is 6.23. The summed E-state index contributed by atoms with van der Waals surface area (Å²) in [6.45, 7) is 6.41. The third-order valence-electron chi connectivity index (χ3n) is 3.51. The van der Waals surface area contributed by atoms with Gasteiger partial charge in [-0.3, -0.25) is 14.9 Å². The van der Waals surface area contributed by atoms with Gasteiger partial charge in [0.25, 0.3) is 11.6 Å². The molecule has 2 aromatic rings. The average molecular weight is 355 g/mol. The molecule has 26 heavy (non-hydrogen) atoms. The van der Waals surface area contributed by atoms with E-state index >= 15 is 0 Å². The molecular formula is C19H21N3O4. The van der Waals surface area contributed by atoms with Crippen molar-refractivity contribution in [3.63, 3.8) is 0 Å². The molecule has 0 radical (unpaired) electrons. The largest absolute Gasteiger partial charge is 0.493 e. The number of nitrogens with one attached hydrogen (secondary N) is 1. The number of carbonyl (C=O) groups is 1. The van der Waals surface area contributed by atoms with Crippen molar-refractivity contribution >= 4 is 17.8 Å². The molecule has 0 unspecified atom stereocenters. The molecule has 0 heterocycles. The molecular weight excluding hydrogens is 334 g/mol. The minimum absolute atomic E-state index is 0.0985. The van der Waals surface area contributed by atoms with Crippen LogP contribution >= 0.6 is 0 Å². The fourth-order valence-corrected chi connectivity index (χ4v) is 2.09. The molecule has 0 aromatic heterocycles. The van der Waals surface area contributed by atoms with E-state index in [1.165, 1.54) is 24.4 Å². The van der Waals surface area contributed by atoms with Crippen LogP contribution < -0.4 is 10.2 Å². The number of ether oxygens (including phenoxy) is 1. The first-order valence-corrected chi connectivity index (χ1v) is 8.18. The first-order chi connectivity index (χ1) is 12.4. The summed E-state index contributed by atoms with van der Waals surface area (Å²) in [5.74, 6) is 0.706. The van der Waals surface area contributed by atoms with Gasteiger partial charge in [-0.05, 0) is 48.7 Å². The van der Waals surface area contributed by atoms with Gasteiger partial charge in [-0.1, -0.05) is 19.9 Å². The van der Waals surface area contributed by atoms with E-state index in [0.29, 0.717) is 18.1 Å². The zero-order valence-electron chi connectivity index (χ0n) is 14.9. The number of aryl methyl sites for hydroxylation is 1. The van der Waals surface area contributed by atoms with Crippen LogP contribution in [0.3, 0.4) is 0 Å². The van der Waals surface area contributed by atoms with Crippen LogP contribution in [0.1, 0.15) is 35.3 Å². The van der Waals surface area contributed by atoms with Gasteiger partial charge in [0.2, 0.25) is 0 Å². The van der Waals surface area contributed by atoms with Crippen LogP contribution in [0.4, 0.5) is 5.69 Å². The Bertz CT molecular complexity index is 814. The Morgan fingerprint density at radius 2 is 1.96 bits per heavy atom. The van der Waals surface area contributed by atoms with E-state index in [9.17, 15) is 14.9 Å². The van der Waals surface area contributed by atoms with Crippen molar-refractivity contribution in [3.8, 4) is 5.75 Å². The van der Waals surface area contributed by atoms with Crippen molar-refractivity contribution in [2.24, 2.45) is 11.0 Å². The summed E-state index contributed by atoms with van der Waals surface area (Å²) in [7, 11) is 0. The molecule has 0 saturated carbocycles. The summed E-state index contributed by atoms with van der Waals surface area (Å²) in [4.78, 5) is 22.5. The highest BCUT2D eigenvalue weighted by Gasteiger charge is 2.14. The molecule has 7 nitrogen and oxygen atoms in total. The maximum absolute atomic E-state index is 12.1. The van der Waals surface area contributed by atoms with Crippen LogP contribution in [0.2, 0.25) is 0 Å². The molecule has 2 aromatic carbocycles. The summed E-state index contributed by atoms with van der Waals surface area (Å²) in [5, 5.41) is 14.8. The lowest BCUT2D eigenvalue weighted by Crippen LogP contribution is -2.17. The van der Waals surface area contributed by atoms with Crippen LogP contribution in [0.5, 0.6) is 5.75 Å². The van der Waals surface area contributed by atoms with Gasteiger partial charge < -0.3 is 4.74 Å². The third-order valence-corrected chi connectivity index (χ3v) is 3.51. The monoisotopic (exact) mass is 355 g/mol. The van der Waals surface area contributed by atoms with Gasteiger partial charge in [-0.2, -0.15) is 5.10 Å². The number of carbonyl (C=O) groups excluding carboxylic acids is 1. The van der Waals surface area contributed by atoms with Crippen molar-refractivity contribution < 1.29 is 14.5 Å². The SMILES string of the molecule is Cc1ccc(C(=O)N/N=C\c2ccc(OCC(C)C)cc2)cc1[N+](=O)[O-]. The van der Waals surface area contributed by atoms with Gasteiger partial charge in [0.1, 0.15) is 5.75 Å². The molecule has 0 bridgehead atoms. The molecule has 0 aliphatic heterocycles. The molecule has 136 valence electrons. The third kappa shape index (κ3) is 5.41. The number of nitro benzene ring substituents is 1. The number of hydrazone groups is 1. The molecule has 0 aliphatic rings. The van der Waals surface area contributed by atoms with E-state index in [0.717, 1.165) is 11.3 Å². The van der Waals surface area contributed by atoms with E-state index in [2.05, 4.69) is 24.4 Å². The number of benzene rings is 2. The van der Waals surface area contributed by atoms with E-state index in [1.54, 1.807) is 6.92 Å². The summed E-state index contributed by atoms with van der Waals surface area (Å²) >= 11 is 0. The van der Waals surface area contributed by atoms with Gasteiger partial charge in [0, 0.05) is 17.2 Å². The van der Waals surface area contributed by atoms with Crippen molar-refractivity contribution in [2.75, 3.05) is 6.61 Å². The van der Waals surface area contributed by atoms with Crippen molar-refractivity contribution in [3.05, 3.63) is 69.3 Å². The van der Waals surface area contributed by atoms with Crippen LogP contribution in [0, 0.1) is 23.0 Å². The molecule has 7 heteroatoms. The molecule has 0 fully saturated rings. The summed E-state index contributed by atoms with van der Waals surface area (Å²) in [5.41, 5.74) is 3.73. The van der Waals surface area contributed by atoms with Crippen molar-refractivity contribution in [2.45, 2.75) is 20.8 Å². The number of nitrogens with zero attached hydrogens (tertiary/aromatic N) is 2. The highest BCUT2D eigenvalue weighted by molar-refractivity contribution is 5.95. The molecule has 1 N–H and O–H groups in total. The Kier molecular flexibility index (Phi) is 6.43. The summed E-state index contributed by atoms with van der Waals surface area (Å²) in [6, 6.07) is 11.6. The predicted molar refractivity (Wildman–Crippen MR) is 99.7 cm³/mol. The average Bonchev–Trinajstić information content (AvgIpc) is 2.61. The first-order valence-electron chi connectivity index (χ1n) is 8.18. The fraction of sp³-hybridized carbons (Fsp3) is 0.263. The number of rotatable bonds is 7. The second-order valence-electron chi connectivity index (χ2n) is 6.23. The highest BCUT2D eigenvalue weighted by Crippen LogP contribution is 2.19. The minimum atomic E-state index is -0.516. The smallest absolute Gasteiger partial charge is 0.273 e. The Morgan fingerprint density at radius 1 is 1.27 bits per heavy atom. The van der Waals surface area contributed by atoms with Gasteiger partial charge in [0.15, 0.2) is 0 Å². The normalized spacial score (nSPS) is 10.9. The van der Waals surface area contributed by atoms with Gasteiger partial charge in [-0.25, -0.2) is 5.43 Å². The number of hydrogen-bond acceptors (Lipinski definition) is 5. The predicted octanol–water partition coefficient (Wildman–Crippen LogP) is 3.70. The Morgan fingerprint density at radius 3 is 2.58 bits per heavy atom. The quantitative estimate of drug-likeness (QED) is 0.465. The molecule has 0 saturated heterocycles.